The Morgan fingerprint density at radius 2 is 1.83 bits per heavy atom. The van der Waals surface area contributed by atoms with Gasteiger partial charge < -0.3 is 5.11 Å². The number of benzene rings is 1. The fourth-order valence-corrected chi connectivity index (χ4v) is 2.80. The van der Waals surface area contributed by atoms with E-state index in [1.807, 2.05) is 13.0 Å². The van der Waals surface area contributed by atoms with Crippen LogP contribution < -0.4 is 0 Å². The van der Waals surface area contributed by atoms with Crippen LogP contribution in [0.5, 0.6) is 0 Å². The van der Waals surface area contributed by atoms with Crippen molar-refractivity contribution in [2.45, 2.75) is 13.8 Å². The Morgan fingerprint density at radius 1 is 1.17 bits per heavy atom. The molecule has 4 heteroatoms. The number of carboxylic acid groups (broad SMARTS) is 1. The zero-order chi connectivity index (χ0) is 13.3. The van der Waals surface area contributed by atoms with Crippen LogP contribution >= 0.6 is 11.3 Å². The Morgan fingerprint density at radius 3 is 2.44 bits per heavy atom. The van der Waals surface area contributed by atoms with Crippen molar-refractivity contribution >= 4 is 23.1 Å². The number of carbonyl (C=O) groups is 2. The van der Waals surface area contributed by atoms with Crippen molar-refractivity contribution < 1.29 is 14.7 Å². The minimum Gasteiger partial charge on any atom is -0.478 e. The van der Waals surface area contributed by atoms with Crippen molar-refractivity contribution in [3.05, 3.63) is 45.6 Å². The Hall–Kier alpha value is -1.94. The predicted molar refractivity (Wildman–Crippen MR) is 71.5 cm³/mol. The zero-order valence-corrected chi connectivity index (χ0v) is 10.9. The molecule has 18 heavy (non-hydrogen) atoms. The smallest absolute Gasteiger partial charge is 0.336 e. The lowest BCUT2D eigenvalue weighted by atomic mass is 9.99. The van der Waals surface area contributed by atoms with Crippen LogP contribution in [0.3, 0.4) is 0 Å². The monoisotopic (exact) mass is 260 g/mol. The van der Waals surface area contributed by atoms with Gasteiger partial charge in [-0.1, -0.05) is 18.2 Å². The molecule has 2 aromatic rings. The van der Waals surface area contributed by atoms with Gasteiger partial charge in [-0.15, -0.1) is 11.3 Å². The van der Waals surface area contributed by atoms with E-state index in [-0.39, 0.29) is 11.3 Å². The molecule has 1 aromatic heterocycles. The van der Waals surface area contributed by atoms with E-state index in [0.717, 1.165) is 4.88 Å². The molecule has 0 aliphatic rings. The number of ketones is 1. The number of aryl methyl sites for hydroxylation is 1. The first kappa shape index (κ1) is 12.5. The van der Waals surface area contributed by atoms with Crippen LogP contribution in [-0.2, 0) is 0 Å². The lowest BCUT2D eigenvalue weighted by Crippen LogP contribution is -2.00. The van der Waals surface area contributed by atoms with Crippen molar-refractivity contribution in [2.75, 3.05) is 0 Å². The lowest BCUT2D eigenvalue weighted by molar-refractivity contribution is 0.0697. The zero-order valence-electron chi connectivity index (χ0n) is 10.1. The quantitative estimate of drug-likeness (QED) is 0.857. The Kier molecular flexibility index (Phi) is 3.30. The van der Waals surface area contributed by atoms with Gasteiger partial charge in [-0.05, 0) is 31.5 Å². The van der Waals surface area contributed by atoms with Crippen LogP contribution in [0.15, 0.2) is 30.3 Å². The Labute approximate surface area is 109 Å². The highest BCUT2D eigenvalue weighted by Gasteiger charge is 2.18. The summed E-state index contributed by atoms with van der Waals surface area (Å²) in [5.41, 5.74) is 1.53. The first-order valence-electron chi connectivity index (χ1n) is 5.44. The summed E-state index contributed by atoms with van der Waals surface area (Å²) in [6.45, 7) is 3.40. The molecule has 1 N–H and O–H groups in total. The van der Waals surface area contributed by atoms with Gasteiger partial charge in [0.2, 0.25) is 0 Å². The second-order valence-electron chi connectivity index (χ2n) is 4.01. The van der Waals surface area contributed by atoms with Gasteiger partial charge in [0, 0.05) is 10.4 Å². The Balaban J connectivity index is 2.69. The van der Waals surface area contributed by atoms with Crippen molar-refractivity contribution in [1.82, 2.24) is 0 Å². The van der Waals surface area contributed by atoms with E-state index in [0.29, 0.717) is 16.0 Å². The van der Waals surface area contributed by atoms with E-state index in [2.05, 4.69) is 0 Å². The molecular weight excluding hydrogens is 248 g/mol. The number of aromatic carboxylic acids is 1. The molecule has 0 atom stereocenters. The third kappa shape index (κ3) is 2.19. The molecular formula is C14H12O3S. The van der Waals surface area contributed by atoms with E-state index in [4.69, 9.17) is 0 Å². The van der Waals surface area contributed by atoms with Crippen molar-refractivity contribution in [1.29, 1.82) is 0 Å². The number of thiophene rings is 1. The summed E-state index contributed by atoms with van der Waals surface area (Å²) in [6.07, 6.45) is 0. The minimum absolute atomic E-state index is 0.0386. The van der Waals surface area contributed by atoms with Gasteiger partial charge in [-0.25, -0.2) is 4.79 Å². The first-order valence-corrected chi connectivity index (χ1v) is 6.26. The molecule has 1 heterocycles. The van der Waals surface area contributed by atoms with Crippen LogP contribution in [-0.4, -0.2) is 16.9 Å². The fraction of sp³-hybridized carbons (Fsp3) is 0.143. The summed E-state index contributed by atoms with van der Waals surface area (Å²) < 4.78 is 0. The van der Waals surface area contributed by atoms with Crippen molar-refractivity contribution in [2.24, 2.45) is 0 Å². The van der Waals surface area contributed by atoms with E-state index >= 15 is 0 Å². The molecule has 0 aliphatic heterocycles. The maximum atomic E-state index is 11.6. The molecule has 0 saturated heterocycles. The summed E-state index contributed by atoms with van der Waals surface area (Å²) >= 11 is 1.40. The highest BCUT2D eigenvalue weighted by Crippen LogP contribution is 2.33. The topological polar surface area (TPSA) is 54.4 Å². The van der Waals surface area contributed by atoms with E-state index in [9.17, 15) is 14.7 Å². The second kappa shape index (κ2) is 4.74. The van der Waals surface area contributed by atoms with Crippen LogP contribution in [0.2, 0.25) is 0 Å². The molecule has 0 fully saturated rings. The minimum atomic E-state index is -0.982. The van der Waals surface area contributed by atoms with E-state index in [1.165, 1.54) is 18.3 Å². The molecule has 0 saturated carbocycles. The van der Waals surface area contributed by atoms with Gasteiger partial charge in [-0.3, -0.25) is 4.79 Å². The summed E-state index contributed by atoms with van der Waals surface area (Å²) in [4.78, 5) is 24.4. The third-order valence-corrected chi connectivity index (χ3v) is 3.77. The predicted octanol–water partition coefficient (Wildman–Crippen LogP) is 3.62. The maximum Gasteiger partial charge on any atom is 0.336 e. The summed E-state index contributed by atoms with van der Waals surface area (Å²) in [5, 5.41) is 9.18. The van der Waals surface area contributed by atoms with E-state index in [1.54, 1.807) is 24.3 Å². The van der Waals surface area contributed by atoms with Crippen LogP contribution in [0.1, 0.15) is 31.8 Å². The largest absolute Gasteiger partial charge is 0.478 e. The van der Waals surface area contributed by atoms with Gasteiger partial charge in [0.15, 0.2) is 5.78 Å². The number of Topliss-reactive ketones (excluding diaryl/α,β-unsaturated/α-hetero) is 1. The second-order valence-corrected chi connectivity index (χ2v) is 5.26. The van der Waals surface area contributed by atoms with Gasteiger partial charge in [0.25, 0.3) is 0 Å². The highest BCUT2D eigenvalue weighted by molar-refractivity contribution is 7.14. The summed E-state index contributed by atoms with van der Waals surface area (Å²) in [5.74, 6) is -1.02. The van der Waals surface area contributed by atoms with Crippen molar-refractivity contribution in [3.63, 3.8) is 0 Å². The highest BCUT2D eigenvalue weighted by atomic mass is 32.1. The number of hydrogen-bond donors (Lipinski definition) is 1. The molecule has 3 nitrogen and oxygen atoms in total. The molecule has 0 aliphatic carbocycles. The van der Waals surface area contributed by atoms with E-state index < -0.39 is 5.97 Å². The fourth-order valence-electron chi connectivity index (χ4n) is 1.88. The molecule has 0 spiro atoms. The summed E-state index contributed by atoms with van der Waals surface area (Å²) in [7, 11) is 0. The molecule has 0 radical (unpaired) electrons. The average molecular weight is 260 g/mol. The number of hydrogen-bond acceptors (Lipinski definition) is 3. The van der Waals surface area contributed by atoms with Gasteiger partial charge in [-0.2, -0.15) is 0 Å². The molecule has 0 unspecified atom stereocenters. The van der Waals surface area contributed by atoms with Crippen LogP contribution in [0, 0.1) is 6.92 Å². The summed E-state index contributed by atoms with van der Waals surface area (Å²) in [6, 6.07) is 8.60. The molecule has 1 aromatic carbocycles. The lowest BCUT2D eigenvalue weighted by Gasteiger charge is -2.05. The van der Waals surface area contributed by atoms with Crippen LogP contribution in [0.4, 0.5) is 0 Å². The number of carboxylic acids is 1. The van der Waals surface area contributed by atoms with Gasteiger partial charge >= 0.3 is 5.97 Å². The standard InChI is InChI=1S/C14H12O3S/c1-8-7-12(13(18-8)9(2)15)10-5-3-4-6-11(10)14(16)17/h3-7H,1-2H3,(H,16,17). The maximum absolute atomic E-state index is 11.6. The average Bonchev–Trinajstić information content (AvgIpc) is 2.71. The third-order valence-electron chi connectivity index (χ3n) is 2.62. The molecule has 0 bridgehead atoms. The first-order chi connectivity index (χ1) is 8.50. The molecule has 2 rings (SSSR count). The Bertz CT molecular complexity index is 626. The normalized spacial score (nSPS) is 10.3. The van der Waals surface area contributed by atoms with Crippen LogP contribution in [0.25, 0.3) is 11.1 Å². The van der Waals surface area contributed by atoms with Crippen molar-refractivity contribution in [3.8, 4) is 11.1 Å². The number of rotatable bonds is 3. The van der Waals surface area contributed by atoms with Gasteiger partial charge in [0.05, 0.1) is 10.4 Å². The number of carbonyl (C=O) groups excluding carboxylic acids is 1. The van der Waals surface area contributed by atoms with Gasteiger partial charge in [0.1, 0.15) is 0 Å². The molecule has 92 valence electrons. The SMILES string of the molecule is CC(=O)c1sc(C)cc1-c1ccccc1C(=O)O. The molecule has 0 amide bonds.